The highest BCUT2D eigenvalue weighted by atomic mass is 28.4. The Morgan fingerprint density at radius 2 is 1.84 bits per heavy atom. The molecule has 0 N–H and O–H groups in total. The molecule has 1 aromatic carbocycles. The molecule has 0 saturated heterocycles. The van der Waals surface area contributed by atoms with Gasteiger partial charge in [0.1, 0.15) is 0 Å². The number of rotatable bonds is 4. The van der Waals surface area contributed by atoms with E-state index < -0.39 is 20.1 Å². The summed E-state index contributed by atoms with van der Waals surface area (Å²) in [5.74, 6) is 0.135. The second-order valence-corrected chi connectivity index (χ2v) is 9.38. The summed E-state index contributed by atoms with van der Waals surface area (Å²) in [5, 5.41) is 0. The Morgan fingerprint density at radius 3 is 2.37 bits per heavy atom. The molecule has 0 saturated carbocycles. The van der Waals surface area contributed by atoms with Crippen molar-refractivity contribution in [2.45, 2.75) is 25.8 Å². The second kappa shape index (κ2) is 5.60. The third-order valence-electron chi connectivity index (χ3n) is 2.04. The standard InChI is InChI=1S/C13H16F3NOSi/c1-10(18-19(2,3)4)17-9-11-7-5-6-8-12(11)13(14,15)16/h5-9H,1H2,2-4H3. The number of halogens is 3. The van der Waals surface area contributed by atoms with Gasteiger partial charge in [0.15, 0.2) is 5.88 Å². The van der Waals surface area contributed by atoms with Crippen LogP contribution in [0.15, 0.2) is 41.7 Å². The molecule has 0 aliphatic carbocycles. The molecule has 0 heterocycles. The molecule has 0 aromatic heterocycles. The molecular weight excluding hydrogens is 271 g/mol. The molecule has 0 aliphatic rings. The maximum absolute atomic E-state index is 12.7. The summed E-state index contributed by atoms with van der Waals surface area (Å²) < 4.78 is 43.7. The normalized spacial score (nSPS) is 12.7. The predicted molar refractivity (Wildman–Crippen MR) is 72.6 cm³/mol. The Kier molecular flexibility index (Phi) is 4.57. The van der Waals surface area contributed by atoms with Gasteiger partial charge in [-0.15, -0.1) is 0 Å². The van der Waals surface area contributed by atoms with Gasteiger partial charge in [0.2, 0.25) is 8.32 Å². The highest BCUT2D eigenvalue weighted by Crippen LogP contribution is 2.31. The van der Waals surface area contributed by atoms with Crippen LogP contribution in [0.1, 0.15) is 11.1 Å². The summed E-state index contributed by atoms with van der Waals surface area (Å²) in [6.45, 7) is 9.41. The van der Waals surface area contributed by atoms with Crippen LogP contribution in [0.4, 0.5) is 13.2 Å². The maximum atomic E-state index is 12.7. The van der Waals surface area contributed by atoms with E-state index in [0.717, 1.165) is 12.3 Å². The maximum Gasteiger partial charge on any atom is 0.417 e. The smallest absolute Gasteiger partial charge is 0.417 e. The average Bonchev–Trinajstić information content (AvgIpc) is 2.23. The predicted octanol–water partition coefficient (Wildman–Crippen LogP) is 4.45. The molecule has 2 nitrogen and oxygen atoms in total. The second-order valence-electron chi connectivity index (χ2n) is 4.95. The lowest BCUT2D eigenvalue weighted by Crippen LogP contribution is -2.24. The van der Waals surface area contributed by atoms with Crippen LogP contribution in [0.2, 0.25) is 19.6 Å². The van der Waals surface area contributed by atoms with Gasteiger partial charge in [-0.3, -0.25) is 0 Å². The Balaban J connectivity index is 2.92. The third kappa shape index (κ3) is 5.29. The summed E-state index contributed by atoms with van der Waals surface area (Å²) in [4.78, 5) is 3.85. The highest BCUT2D eigenvalue weighted by Gasteiger charge is 2.32. The fourth-order valence-electron chi connectivity index (χ4n) is 1.39. The highest BCUT2D eigenvalue weighted by molar-refractivity contribution is 6.70. The van der Waals surface area contributed by atoms with E-state index in [2.05, 4.69) is 11.6 Å². The van der Waals surface area contributed by atoms with Gasteiger partial charge in [-0.05, 0) is 32.3 Å². The summed E-state index contributed by atoms with van der Waals surface area (Å²) in [7, 11) is -1.84. The van der Waals surface area contributed by atoms with Crippen molar-refractivity contribution in [3.05, 3.63) is 47.9 Å². The van der Waals surface area contributed by atoms with E-state index in [1.807, 2.05) is 19.6 Å². The quantitative estimate of drug-likeness (QED) is 0.455. The SMILES string of the molecule is C=C(N=Cc1ccccc1C(F)(F)F)O[Si](C)(C)C. The van der Waals surface area contributed by atoms with Crippen molar-refractivity contribution in [2.24, 2.45) is 4.99 Å². The number of aliphatic imine (C=N–C) groups is 1. The average molecular weight is 287 g/mol. The molecule has 0 atom stereocenters. The molecule has 19 heavy (non-hydrogen) atoms. The molecule has 1 rings (SSSR count). The number of benzene rings is 1. The van der Waals surface area contributed by atoms with E-state index >= 15 is 0 Å². The number of alkyl halides is 3. The summed E-state index contributed by atoms with van der Waals surface area (Å²) in [6.07, 6.45) is -3.27. The molecule has 0 fully saturated rings. The van der Waals surface area contributed by atoms with Crippen molar-refractivity contribution >= 4 is 14.5 Å². The van der Waals surface area contributed by atoms with E-state index in [1.165, 1.54) is 18.2 Å². The van der Waals surface area contributed by atoms with E-state index in [0.29, 0.717) is 0 Å². The lowest BCUT2D eigenvalue weighted by atomic mass is 10.1. The Bertz CT molecular complexity index is 489. The van der Waals surface area contributed by atoms with E-state index in [1.54, 1.807) is 0 Å². The van der Waals surface area contributed by atoms with Crippen LogP contribution < -0.4 is 0 Å². The van der Waals surface area contributed by atoms with Crippen molar-refractivity contribution < 1.29 is 17.6 Å². The molecule has 0 radical (unpaired) electrons. The lowest BCUT2D eigenvalue weighted by Gasteiger charge is -2.18. The van der Waals surface area contributed by atoms with Gasteiger partial charge in [-0.2, -0.15) is 13.2 Å². The largest absolute Gasteiger partial charge is 0.532 e. The van der Waals surface area contributed by atoms with Gasteiger partial charge in [-0.1, -0.05) is 18.2 Å². The van der Waals surface area contributed by atoms with Crippen molar-refractivity contribution in [1.29, 1.82) is 0 Å². The molecule has 0 amide bonds. The first kappa shape index (κ1) is 15.5. The van der Waals surface area contributed by atoms with Crippen LogP contribution in [0.5, 0.6) is 0 Å². The minimum absolute atomic E-state index is 0.00433. The van der Waals surface area contributed by atoms with Crippen LogP contribution in [-0.4, -0.2) is 14.5 Å². The van der Waals surface area contributed by atoms with E-state index in [9.17, 15) is 13.2 Å². The number of nitrogens with zero attached hydrogens (tertiary/aromatic N) is 1. The van der Waals surface area contributed by atoms with Crippen LogP contribution in [0.3, 0.4) is 0 Å². The van der Waals surface area contributed by atoms with Gasteiger partial charge in [-0.25, -0.2) is 4.99 Å². The molecule has 6 heteroatoms. The first-order chi connectivity index (χ1) is 8.59. The molecule has 0 unspecified atom stereocenters. The van der Waals surface area contributed by atoms with Crippen LogP contribution in [-0.2, 0) is 10.6 Å². The molecule has 0 aliphatic heterocycles. The van der Waals surface area contributed by atoms with Crippen LogP contribution in [0, 0.1) is 0 Å². The molecule has 104 valence electrons. The minimum Gasteiger partial charge on any atom is -0.532 e. The first-order valence-electron chi connectivity index (χ1n) is 5.68. The van der Waals surface area contributed by atoms with Crippen molar-refractivity contribution in [3.63, 3.8) is 0 Å². The van der Waals surface area contributed by atoms with Crippen LogP contribution in [0.25, 0.3) is 0 Å². The zero-order valence-corrected chi connectivity index (χ0v) is 12.1. The zero-order chi connectivity index (χ0) is 14.7. The lowest BCUT2D eigenvalue weighted by molar-refractivity contribution is -0.137. The Hall–Kier alpha value is -1.56. The molecule has 0 spiro atoms. The number of hydrogen-bond acceptors (Lipinski definition) is 2. The molecule has 0 bridgehead atoms. The summed E-state index contributed by atoms with van der Waals surface area (Å²) in [6, 6.07) is 5.24. The fraction of sp³-hybridized carbons (Fsp3) is 0.308. The van der Waals surface area contributed by atoms with E-state index in [-0.39, 0.29) is 11.4 Å². The first-order valence-corrected chi connectivity index (χ1v) is 9.08. The monoisotopic (exact) mass is 287 g/mol. The van der Waals surface area contributed by atoms with Gasteiger partial charge < -0.3 is 4.43 Å². The molecule has 1 aromatic rings. The zero-order valence-electron chi connectivity index (χ0n) is 11.1. The van der Waals surface area contributed by atoms with Gasteiger partial charge in [0.05, 0.1) is 5.56 Å². The summed E-state index contributed by atoms with van der Waals surface area (Å²) in [5.41, 5.74) is -0.727. The van der Waals surface area contributed by atoms with Gasteiger partial charge in [0.25, 0.3) is 0 Å². The Morgan fingerprint density at radius 1 is 1.26 bits per heavy atom. The van der Waals surface area contributed by atoms with Gasteiger partial charge in [0, 0.05) is 11.8 Å². The fourth-order valence-corrected chi connectivity index (χ4v) is 2.15. The van der Waals surface area contributed by atoms with Crippen LogP contribution >= 0.6 is 0 Å². The van der Waals surface area contributed by atoms with E-state index in [4.69, 9.17) is 4.43 Å². The Labute approximate surface area is 111 Å². The van der Waals surface area contributed by atoms with Gasteiger partial charge >= 0.3 is 6.18 Å². The van der Waals surface area contributed by atoms with Crippen molar-refractivity contribution in [1.82, 2.24) is 0 Å². The van der Waals surface area contributed by atoms with Crippen molar-refractivity contribution in [2.75, 3.05) is 0 Å². The molecular formula is C13H16F3NOSi. The third-order valence-corrected chi connectivity index (χ3v) is 2.89. The number of hydrogen-bond donors (Lipinski definition) is 0. The topological polar surface area (TPSA) is 21.6 Å². The minimum atomic E-state index is -4.40. The summed E-state index contributed by atoms with van der Waals surface area (Å²) >= 11 is 0. The van der Waals surface area contributed by atoms with Crippen molar-refractivity contribution in [3.8, 4) is 0 Å².